The van der Waals surface area contributed by atoms with Crippen molar-refractivity contribution in [2.24, 2.45) is 5.73 Å². The molecule has 0 aliphatic carbocycles. The Hall–Kier alpha value is -2.54. The minimum absolute atomic E-state index is 0.119. The minimum atomic E-state index is -0.229. The molecule has 0 amide bonds. The highest BCUT2D eigenvalue weighted by molar-refractivity contribution is 5.97. The Balaban J connectivity index is 1.90. The van der Waals surface area contributed by atoms with E-state index in [0.29, 0.717) is 12.2 Å². The molecule has 3 rings (SSSR count). The fourth-order valence-corrected chi connectivity index (χ4v) is 3.69. The number of amidine groups is 1. The van der Waals surface area contributed by atoms with E-state index in [9.17, 15) is 4.79 Å². The van der Waals surface area contributed by atoms with Crippen molar-refractivity contribution in [1.82, 2.24) is 14.0 Å². The summed E-state index contributed by atoms with van der Waals surface area (Å²) < 4.78 is 3.00. The highest BCUT2D eigenvalue weighted by Gasteiger charge is 2.21. The van der Waals surface area contributed by atoms with Crippen LogP contribution in [0.25, 0.3) is 0 Å². The number of imidazole rings is 1. The van der Waals surface area contributed by atoms with E-state index in [1.165, 1.54) is 27.5 Å². The first-order valence-corrected chi connectivity index (χ1v) is 9.13. The van der Waals surface area contributed by atoms with Gasteiger partial charge in [-0.1, -0.05) is 24.3 Å². The molecule has 5 N–H and O–H groups in total. The van der Waals surface area contributed by atoms with Gasteiger partial charge in [0.1, 0.15) is 17.3 Å². The van der Waals surface area contributed by atoms with Gasteiger partial charge < -0.3 is 11.5 Å². The van der Waals surface area contributed by atoms with E-state index >= 15 is 0 Å². The Labute approximate surface area is 153 Å². The number of likely N-dealkylation sites (tertiary alicyclic amines) is 1. The lowest BCUT2D eigenvalue weighted by atomic mass is 10.1. The molecular weight excluding hydrogens is 328 g/mol. The average molecular weight is 356 g/mol. The van der Waals surface area contributed by atoms with E-state index in [1.54, 1.807) is 0 Å². The molecule has 1 aliphatic heterocycles. The second kappa shape index (κ2) is 7.37. The Morgan fingerprint density at radius 2 is 1.81 bits per heavy atom. The number of rotatable bonds is 6. The van der Waals surface area contributed by atoms with Gasteiger partial charge in [-0.05, 0) is 50.9 Å². The van der Waals surface area contributed by atoms with Crippen LogP contribution in [0.2, 0.25) is 0 Å². The number of nitrogen functional groups attached to an aromatic ring is 2. The van der Waals surface area contributed by atoms with Crippen molar-refractivity contribution < 1.29 is 0 Å². The van der Waals surface area contributed by atoms with Gasteiger partial charge in [-0.2, -0.15) is 0 Å². The summed E-state index contributed by atoms with van der Waals surface area (Å²) in [5, 5.41) is 7.78. The number of nitrogens with one attached hydrogen (secondary N) is 1. The summed E-state index contributed by atoms with van der Waals surface area (Å²) in [5.41, 5.74) is 14.2. The third-order valence-corrected chi connectivity index (χ3v) is 4.92. The second-order valence-corrected chi connectivity index (χ2v) is 7.28. The highest BCUT2D eigenvalue weighted by Crippen LogP contribution is 2.18. The van der Waals surface area contributed by atoms with E-state index in [4.69, 9.17) is 16.9 Å². The van der Waals surface area contributed by atoms with Gasteiger partial charge in [-0.15, -0.1) is 0 Å². The molecule has 26 heavy (non-hydrogen) atoms. The van der Waals surface area contributed by atoms with Crippen molar-refractivity contribution in [3.63, 3.8) is 0 Å². The van der Waals surface area contributed by atoms with Crippen molar-refractivity contribution in [3.8, 4) is 0 Å². The first-order valence-electron chi connectivity index (χ1n) is 9.13. The predicted octanol–water partition coefficient (Wildman–Crippen LogP) is 1.74. The van der Waals surface area contributed by atoms with Crippen LogP contribution in [-0.4, -0.2) is 33.0 Å². The predicted molar refractivity (Wildman–Crippen MR) is 105 cm³/mol. The molecule has 7 heteroatoms. The topological polar surface area (TPSA) is 106 Å². The van der Waals surface area contributed by atoms with Gasteiger partial charge in [0.2, 0.25) is 0 Å². The first kappa shape index (κ1) is 18.3. The lowest BCUT2D eigenvalue weighted by Crippen LogP contribution is -2.29. The van der Waals surface area contributed by atoms with Crippen LogP contribution in [0.3, 0.4) is 0 Å². The molecule has 1 aromatic heterocycles. The molecular formula is C19H28N6O. The van der Waals surface area contributed by atoms with E-state index in [2.05, 4.69) is 17.0 Å². The van der Waals surface area contributed by atoms with E-state index in [-0.39, 0.29) is 23.4 Å². The molecule has 1 fully saturated rings. The Bertz CT molecular complexity index is 857. The molecule has 1 aliphatic rings. The number of nitrogens with zero attached hydrogens (tertiary/aromatic N) is 3. The number of aromatic nitrogens is 2. The van der Waals surface area contributed by atoms with Crippen LogP contribution in [0.5, 0.6) is 0 Å². The monoisotopic (exact) mass is 356 g/mol. The molecule has 0 saturated carbocycles. The maximum atomic E-state index is 12.8. The van der Waals surface area contributed by atoms with Crippen molar-refractivity contribution in [3.05, 3.63) is 51.6 Å². The Morgan fingerprint density at radius 1 is 1.19 bits per heavy atom. The zero-order valence-corrected chi connectivity index (χ0v) is 15.5. The second-order valence-electron chi connectivity index (χ2n) is 7.28. The molecule has 7 nitrogen and oxygen atoms in total. The van der Waals surface area contributed by atoms with Crippen LogP contribution in [0.1, 0.15) is 49.6 Å². The summed E-state index contributed by atoms with van der Waals surface area (Å²) in [4.78, 5) is 15.3. The summed E-state index contributed by atoms with van der Waals surface area (Å²) in [5.74, 6) is 0.0657. The quantitative estimate of drug-likeness (QED) is 0.541. The summed E-state index contributed by atoms with van der Waals surface area (Å²) in [6.07, 6.45) is 2.53. The fraction of sp³-hybridized carbons (Fsp3) is 0.474. The lowest BCUT2D eigenvalue weighted by molar-refractivity contribution is 0.331. The van der Waals surface area contributed by atoms with Gasteiger partial charge >= 0.3 is 5.69 Å². The van der Waals surface area contributed by atoms with Gasteiger partial charge in [0.15, 0.2) is 0 Å². The zero-order valence-electron chi connectivity index (χ0n) is 15.5. The van der Waals surface area contributed by atoms with E-state index < -0.39 is 0 Å². The molecule has 1 aromatic carbocycles. The summed E-state index contributed by atoms with van der Waals surface area (Å²) >= 11 is 0. The van der Waals surface area contributed by atoms with E-state index in [0.717, 1.165) is 25.2 Å². The van der Waals surface area contributed by atoms with Crippen LogP contribution in [0.4, 0.5) is 5.82 Å². The molecule has 0 radical (unpaired) electrons. The van der Waals surface area contributed by atoms with Gasteiger partial charge in [-0.25, -0.2) is 4.79 Å². The molecule has 0 atom stereocenters. The van der Waals surface area contributed by atoms with Crippen molar-refractivity contribution in [1.29, 1.82) is 5.41 Å². The van der Waals surface area contributed by atoms with Crippen LogP contribution in [0.15, 0.2) is 29.1 Å². The molecule has 2 heterocycles. The maximum absolute atomic E-state index is 12.8. The Kier molecular flexibility index (Phi) is 5.18. The van der Waals surface area contributed by atoms with Crippen molar-refractivity contribution >= 4 is 11.7 Å². The van der Waals surface area contributed by atoms with Crippen LogP contribution in [-0.2, 0) is 13.1 Å². The highest BCUT2D eigenvalue weighted by atomic mass is 16.2. The van der Waals surface area contributed by atoms with Crippen LogP contribution in [0, 0.1) is 5.41 Å². The molecule has 0 bridgehead atoms. The number of benzene rings is 1. The molecule has 2 aromatic rings. The molecule has 0 spiro atoms. The number of nitrogens with two attached hydrogens (primary N) is 2. The summed E-state index contributed by atoms with van der Waals surface area (Å²) in [7, 11) is 0. The van der Waals surface area contributed by atoms with Crippen molar-refractivity contribution in [2.45, 2.75) is 45.8 Å². The summed E-state index contributed by atoms with van der Waals surface area (Å²) in [6.45, 7) is 7.37. The van der Waals surface area contributed by atoms with Gasteiger partial charge in [0.25, 0.3) is 0 Å². The third kappa shape index (κ3) is 3.53. The van der Waals surface area contributed by atoms with E-state index in [1.807, 2.05) is 26.0 Å². The average Bonchev–Trinajstić information content (AvgIpc) is 3.16. The number of anilines is 1. The number of hydrogen-bond acceptors (Lipinski definition) is 4. The fourth-order valence-electron chi connectivity index (χ4n) is 3.69. The number of hydrogen-bond donors (Lipinski definition) is 3. The Morgan fingerprint density at radius 3 is 2.35 bits per heavy atom. The molecule has 1 saturated heterocycles. The minimum Gasteiger partial charge on any atom is -0.383 e. The van der Waals surface area contributed by atoms with Crippen LogP contribution >= 0.6 is 0 Å². The van der Waals surface area contributed by atoms with Gasteiger partial charge in [0.05, 0.1) is 6.54 Å². The van der Waals surface area contributed by atoms with Gasteiger partial charge in [0, 0.05) is 12.6 Å². The largest absolute Gasteiger partial charge is 0.383 e. The zero-order chi connectivity index (χ0) is 18.8. The first-order chi connectivity index (χ1) is 12.4. The summed E-state index contributed by atoms with van der Waals surface area (Å²) in [6, 6.07) is 8.15. The van der Waals surface area contributed by atoms with Gasteiger partial charge in [-0.3, -0.25) is 19.4 Å². The third-order valence-electron chi connectivity index (χ3n) is 4.92. The maximum Gasteiger partial charge on any atom is 0.330 e. The normalized spacial score (nSPS) is 15.0. The lowest BCUT2D eigenvalue weighted by Gasteiger charge is -2.15. The van der Waals surface area contributed by atoms with Crippen molar-refractivity contribution in [2.75, 3.05) is 18.8 Å². The molecule has 140 valence electrons. The van der Waals surface area contributed by atoms with Crippen LogP contribution < -0.4 is 17.2 Å². The smallest absolute Gasteiger partial charge is 0.330 e. The standard InChI is InChI=1S/C19H28N6O/c1-13(2)25-16(17(20)21)18(22)24(19(25)26)12-15-7-5-6-14(10-15)11-23-8-3-4-9-23/h5-7,10,13H,3-4,8-9,11-12,22H2,1-2H3,(H3,20,21). The molecule has 0 unspecified atom stereocenters. The SMILES string of the molecule is CC(C)n1c(C(=N)N)c(N)n(Cc2cccc(CN3CCCC3)c2)c1=O.